The van der Waals surface area contributed by atoms with Crippen molar-refractivity contribution in [1.29, 1.82) is 0 Å². The number of fused-ring (bicyclic) bond motifs is 1. The number of carbonyl (C=O) groups is 1. The van der Waals surface area contributed by atoms with Crippen LogP contribution >= 0.6 is 0 Å². The molecule has 0 atom stereocenters. The molecular formula is C28H26N4O3. The summed E-state index contributed by atoms with van der Waals surface area (Å²) >= 11 is 0. The van der Waals surface area contributed by atoms with E-state index in [0.29, 0.717) is 22.5 Å². The number of nitro groups is 1. The van der Waals surface area contributed by atoms with Crippen molar-refractivity contribution in [3.8, 4) is 0 Å². The summed E-state index contributed by atoms with van der Waals surface area (Å²) in [7, 11) is 0. The number of amides is 1. The van der Waals surface area contributed by atoms with E-state index < -0.39 is 4.92 Å². The maximum Gasteiger partial charge on any atom is 0.270 e. The Bertz CT molecular complexity index is 1310. The second kappa shape index (κ2) is 9.95. The van der Waals surface area contributed by atoms with Gasteiger partial charge in [0.05, 0.1) is 16.2 Å². The summed E-state index contributed by atoms with van der Waals surface area (Å²) in [5, 5.41) is 17.6. The van der Waals surface area contributed by atoms with Crippen LogP contribution in [0.25, 0.3) is 17.3 Å². The van der Waals surface area contributed by atoms with Crippen LogP contribution < -0.4 is 10.6 Å². The second-order valence-electron chi connectivity index (χ2n) is 8.71. The third-order valence-corrected chi connectivity index (χ3v) is 6.32. The highest BCUT2D eigenvalue weighted by Gasteiger charge is 2.30. The van der Waals surface area contributed by atoms with Crippen molar-refractivity contribution in [1.82, 2.24) is 4.90 Å². The van der Waals surface area contributed by atoms with Crippen LogP contribution in [0.15, 0.2) is 78.9 Å². The molecule has 3 aromatic rings. The lowest BCUT2D eigenvalue weighted by Gasteiger charge is -2.15. The number of hydrogen-bond donors (Lipinski definition) is 2. The van der Waals surface area contributed by atoms with Gasteiger partial charge in [0.15, 0.2) is 0 Å². The fourth-order valence-electron chi connectivity index (χ4n) is 4.53. The minimum Gasteiger partial charge on any atom is -0.354 e. The quantitative estimate of drug-likeness (QED) is 0.267. The van der Waals surface area contributed by atoms with Crippen LogP contribution in [0.1, 0.15) is 29.5 Å². The molecule has 2 heterocycles. The van der Waals surface area contributed by atoms with Gasteiger partial charge in [-0.05, 0) is 55.3 Å². The number of hydrogen-bond acceptors (Lipinski definition) is 5. The molecule has 2 N–H and O–H groups in total. The highest BCUT2D eigenvalue weighted by molar-refractivity contribution is 6.37. The first-order chi connectivity index (χ1) is 17.1. The number of benzene rings is 3. The fraction of sp³-hybridized carbons (Fsp3) is 0.179. The monoisotopic (exact) mass is 466 g/mol. The van der Waals surface area contributed by atoms with E-state index in [-0.39, 0.29) is 11.6 Å². The number of likely N-dealkylation sites (tertiary alicyclic amines) is 1. The minimum atomic E-state index is -0.452. The van der Waals surface area contributed by atoms with E-state index in [0.717, 1.165) is 23.4 Å². The molecule has 0 saturated carbocycles. The molecule has 0 aliphatic carbocycles. The van der Waals surface area contributed by atoms with E-state index in [1.54, 1.807) is 6.07 Å². The molecule has 7 heteroatoms. The van der Waals surface area contributed by atoms with Gasteiger partial charge in [0.2, 0.25) is 0 Å². The zero-order valence-corrected chi connectivity index (χ0v) is 19.2. The Kier molecular flexibility index (Phi) is 6.41. The third kappa shape index (κ3) is 5.00. The number of carbonyl (C=O) groups excluding carboxylic acids is 1. The van der Waals surface area contributed by atoms with E-state index in [2.05, 4.69) is 27.7 Å². The number of rotatable bonds is 7. The van der Waals surface area contributed by atoms with Crippen molar-refractivity contribution in [3.63, 3.8) is 0 Å². The maximum atomic E-state index is 13.0. The van der Waals surface area contributed by atoms with Crippen molar-refractivity contribution < 1.29 is 9.72 Å². The summed E-state index contributed by atoms with van der Waals surface area (Å²) < 4.78 is 0. The zero-order chi connectivity index (χ0) is 24.2. The number of anilines is 2. The molecule has 5 rings (SSSR count). The van der Waals surface area contributed by atoms with Gasteiger partial charge in [0.25, 0.3) is 11.6 Å². The molecular weight excluding hydrogens is 440 g/mol. The average Bonchev–Trinajstić information content (AvgIpc) is 3.50. The summed E-state index contributed by atoms with van der Waals surface area (Å²) in [4.78, 5) is 26.4. The van der Waals surface area contributed by atoms with Crippen molar-refractivity contribution in [2.24, 2.45) is 0 Å². The normalized spacial score (nSPS) is 16.9. The zero-order valence-electron chi connectivity index (χ0n) is 19.2. The first-order valence-corrected chi connectivity index (χ1v) is 11.7. The summed E-state index contributed by atoms with van der Waals surface area (Å²) in [6.45, 7) is 3.30. The van der Waals surface area contributed by atoms with Crippen molar-refractivity contribution in [3.05, 3.63) is 106 Å². The van der Waals surface area contributed by atoms with Gasteiger partial charge in [0.1, 0.15) is 0 Å². The van der Waals surface area contributed by atoms with E-state index in [1.807, 2.05) is 54.6 Å². The number of nitrogens with one attached hydrogen (secondary N) is 2. The molecule has 35 heavy (non-hydrogen) atoms. The standard InChI is InChI=1S/C28H26N4O3/c33-28-26(24-19-23(32(34)35)14-15-25(24)30-28)27(21-8-2-1-3-9-21)29-22-12-10-20(11-13-22)7-6-18-31-16-4-5-17-31/h1-3,6-15,19,29H,4-5,16-18H2,(H,30,33). The molecule has 2 aliphatic heterocycles. The highest BCUT2D eigenvalue weighted by Crippen LogP contribution is 2.39. The van der Waals surface area contributed by atoms with E-state index in [4.69, 9.17) is 0 Å². The molecule has 1 saturated heterocycles. The van der Waals surface area contributed by atoms with E-state index >= 15 is 0 Å². The number of nitrogens with zero attached hydrogens (tertiary/aromatic N) is 2. The predicted octanol–water partition coefficient (Wildman–Crippen LogP) is 5.64. The van der Waals surface area contributed by atoms with E-state index in [1.165, 1.54) is 38.1 Å². The number of nitro benzene ring substituents is 1. The largest absolute Gasteiger partial charge is 0.354 e. The van der Waals surface area contributed by atoms with Crippen LogP contribution in [0.4, 0.5) is 17.1 Å². The van der Waals surface area contributed by atoms with Crippen LogP contribution in [0, 0.1) is 10.1 Å². The lowest BCUT2D eigenvalue weighted by Crippen LogP contribution is -2.18. The fourth-order valence-corrected chi connectivity index (χ4v) is 4.53. The SMILES string of the molecule is O=C1Nc2ccc([N+](=O)[O-])cc2C1=C(Nc1ccc(C=CCN2CCCC2)cc1)c1ccccc1. The van der Waals surface area contributed by atoms with Crippen molar-refractivity contribution in [2.45, 2.75) is 12.8 Å². The van der Waals surface area contributed by atoms with Crippen LogP contribution in [0.2, 0.25) is 0 Å². The van der Waals surface area contributed by atoms with E-state index in [9.17, 15) is 14.9 Å². The lowest BCUT2D eigenvalue weighted by atomic mass is 9.99. The molecule has 176 valence electrons. The molecule has 0 unspecified atom stereocenters. The van der Waals surface area contributed by atoms with Gasteiger partial charge >= 0.3 is 0 Å². The Hall–Kier alpha value is -4.23. The molecule has 0 aromatic heterocycles. The summed E-state index contributed by atoms with van der Waals surface area (Å²) in [6, 6.07) is 21.9. The van der Waals surface area contributed by atoms with Crippen molar-refractivity contribution in [2.75, 3.05) is 30.3 Å². The molecule has 0 spiro atoms. The Morgan fingerprint density at radius 2 is 1.77 bits per heavy atom. The Morgan fingerprint density at radius 3 is 2.49 bits per heavy atom. The van der Waals surface area contributed by atoms with Gasteiger partial charge in [-0.15, -0.1) is 0 Å². The maximum absolute atomic E-state index is 13.0. The van der Waals surface area contributed by atoms with Gasteiger partial charge < -0.3 is 10.6 Å². The molecule has 3 aromatic carbocycles. The molecule has 0 radical (unpaired) electrons. The number of non-ortho nitro benzene ring substituents is 1. The Labute approximate surface area is 203 Å². The van der Waals surface area contributed by atoms with Gasteiger partial charge in [-0.2, -0.15) is 0 Å². The van der Waals surface area contributed by atoms with Gasteiger partial charge in [-0.3, -0.25) is 19.8 Å². The minimum absolute atomic E-state index is 0.0600. The van der Waals surface area contributed by atoms with Crippen LogP contribution in [0.5, 0.6) is 0 Å². The molecule has 2 aliphatic rings. The summed E-state index contributed by atoms with van der Waals surface area (Å²) in [5.41, 5.74) is 4.72. The predicted molar refractivity (Wildman–Crippen MR) is 140 cm³/mol. The topological polar surface area (TPSA) is 87.5 Å². The van der Waals surface area contributed by atoms with Crippen LogP contribution in [-0.2, 0) is 4.79 Å². The molecule has 0 bridgehead atoms. The summed E-state index contributed by atoms with van der Waals surface area (Å²) in [6.07, 6.45) is 6.88. The average molecular weight is 467 g/mol. The smallest absolute Gasteiger partial charge is 0.270 e. The molecule has 7 nitrogen and oxygen atoms in total. The van der Waals surface area contributed by atoms with Gasteiger partial charge in [-0.1, -0.05) is 54.6 Å². The third-order valence-electron chi connectivity index (χ3n) is 6.32. The second-order valence-corrected chi connectivity index (χ2v) is 8.71. The first-order valence-electron chi connectivity index (χ1n) is 11.7. The molecule has 1 fully saturated rings. The van der Waals surface area contributed by atoms with Crippen LogP contribution in [-0.4, -0.2) is 35.4 Å². The molecule has 1 amide bonds. The van der Waals surface area contributed by atoms with Gasteiger partial charge in [0, 0.05) is 35.6 Å². The Morgan fingerprint density at radius 1 is 1.03 bits per heavy atom. The highest BCUT2D eigenvalue weighted by atomic mass is 16.6. The summed E-state index contributed by atoms with van der Waals surface area (Å²) in [5.74, 6) is -0.298. The van der Waals surface area contributed by atoms with Gasteiger partial charge in [-0.25, -0.2) is 0 Å². The Balaban J connectivity index is 1.46. The van der Waals surface area contributed by atoms with Crippen molar-refractivity contribution >= 4 is 40.3 Å². The van der Waals surface area contributed by atoms with Crippen LogP contribution in [0.3, 0.4) is 0 Å². The first kappa shape index (κ1) is 22.6. The lowest BCUT2D eigenvalue weighted by molar-refractivity contribution is -0.384.